The molecule has 0 aromatic carbocycles. The van der Waals surface area contributed by atoms with Crippen LogP contribution in [-0.4, -0.2) is 15.6 Å². The van der Waals surface area contributed by atoms with Gasteiger partial charge in [0.25, 0.3) is 5.56 Å². The number of hydrogen-bond acceptors (Lipinski definition) is 2. The van der Waals surface area contributed by atoms with Crippen LogP contribution < -0.4 is 5.56 Å². The Morgan fingerprint density at radius 2 is 2.00 bits per heavy atom. The lowest BCUT2D eigenvalue weighted by Gasteiger charge is -2.29. The molecule has 2 rings (SSSR count). The van der Waals surface area contributed by atoms with E-state index in [2.05, 4.69) is 6.92 Å². The van der Waals surface area contributed by atoms with Gasteiger partial charge in [0, 0.05) is 18.3 Å². The number of rotatable bonds is 3. The molecule has 98 valence electrons. The molecule has 0 amide bonds. The Morgan fingerprint density at radius 1 is 1.33 bits per heavy atom. The van der Waals surface area contributed by atoms with E-state index in [0.717, 1.165) is 31.6 Å². The van der Waals surface area contributed by atoms with Crippen LogP contribution in [0.5, 0.6) is 0 Å². The van der Waals surface area contributed by atoms with Gasteiger partial charge in [-0.2, -0.15) is 0 Å². The van der Waals surface area contributed by atoms with Crippen LogP contribution in [0.2, 0.25) is 0 Å². The van der Waals surface area contributed by atoms with Crippen LogP contribution in [0.4, 0.5) is 0 Å². The summed E-state index contributed by atoms with van der Waals surface area (Å²) in [6.45, 7) is 2.20. The van der Waals surface area contributed by atoms with Gasteiger partial charge < -0.3 is 9.67 Å². The minimum Gasteiger partial charge on any atom is -0.478 e. The molecule has 0 unspecified atom stereocenters. The highest BCUT2D eigenvalue weighted by Gasteiger charge is 2.22. The quantitative estimate of drug-likeness (QED) is 0.896. The lowest BCUT2D eigenvalue weighted by atomic mass is 9.84. The van der Waals surface area contributed by atoms with Crippen molar-refractivity contribution in [2.75, 3.05) is 0 Å². The van der Waals surface area contributed by atoms with Gasteiger partial charge in [0.05, 0.1) is 5.56 Å². The van der Waals surface area contributed by atoms with Crippen LogP contribution in [0.1, 0.15) is 55.4 Å². The number of carboxylic acid groups (broad SMARTS) is 1. The van der Waals surface area contributed by atoms with E-state index in [1.54, 1.807) is 4.57 Å². The maximum Gasteiger partial charge on any atom is 0.337 e. The van der Waals surface area contributed by atoms with E-state index < -0.39 is 5.97 Å². The molecule has 0 saturated heterocycles. The van der Waals surface area contributed by atoms with Gasteiger partial charge in [-0.05, 0) is 37.7 Å². The van der Waals surface area contributed by atoms with Gasteiger partial charge in [0.1, 0.15) is 0 Å². The summed E-state index contributed by atoms with van der Waals surface area (Å²) < 4.78 is 1.61. The molecule has 4 heteroatoms. The van der Waals surface area contributed by atoms with Crippen molar-refractivity contribution in [1.29, 1.82) is 0 Å². The van der Waals surface area contributed by atoms with Crippen LogP contribution in [-0.2, 0) is 0 Å². The molecule has 0 spiro atoms. The molecule has 1 aromatic heterocycles. The first-order valence-corrected chi connectivity index (χ1v) is 6.57. The fourth-order valence-corrected chi connectivity index (χ4v) is 2.75. The fraction of sp³-hybridized carbons (Fsp3) is 0.571. The third-order valence-electron chi connectivity index (χ3n) is 3.97. The average molecular weight is 249 g/mol. The second-order valence-corrected chi connectivity index (χ2v) is 5.05. The van der Waals surface area contributed by atoms with E-state index in [4.69, 9.17) is 5.11 Å². The SMILES string of the molecule is CCC1CCC(n2cc(C(=O)O)ccc2=O)CC1. The normalized spacial score (nSPS) is 23.8. The van der Waals surface area contributed by atoms with Crippen molar-refractivity contribution in [2.24, 2.45) is 5.92 Å². The molecule has 18 heavy (non-hydrogen) atoms. The highest BCUT2D eigenvalue weighted by Crippen LogP contribution is 2.32. The molecule has 1 aromatic rings. The highest BCUT2D eigenvalue weighted by molar-refractivity contribution is 5.87. The zero-order chi connectivity index (χ0) is 13.1. The standard InChI is InChI=1S/C14H19NO3/c1-2-10-3-6-12(7-4-10)15-9-11(14(17)18)5-8-13(15)16/h5,8-10,12H,2-4,6-7H2,1H3,(H,17,18). The number of pyridine rings is 1. The number of aromatic carboxylic acids is 1. The van der Waals surface area contributed by atoms with E-state index in [0.29, 0.717) is 0 Å². The molecule has 0 radical (unpaired) electrons. The van der Waals surface area contributed by atoms with E-state index >= 15 is 0 Å². The Morgan fingerprint density at radius 3 is 2.56 bits per heavy atom. The monoisotopic (exact) mass is 249 g/mol. The molecular weight excluding hydrogens is 230 g/mol. The second kappa shape index (κ2) is 5.38. The van der Waals surface area contributed by atoms with Crippen LogP contribution in [0.15, 0.2) is 23.1 Å². The molecule has 1 heterocycles. The van der Waals surface area contributed by atoms with Gasteiger partial charge in [-0.3, -0.25) is 4.79 Å². The largest absolute Gasteiger partial charge is 0.478 e. The summed E-state index contributed by atoms with van der Waals surface area (Å²) in [6.07, 6.45) is 6.89. The Kier molecular flexibility index (Phi) is 3.84. The molecule has 4 nitrogen and oxygen atoms in total. The van der Waals surface area contributed by atoms with E-state index in [1.807, 2.05) is 0 Å². The maximum absolute atomic E-state index is 11.8. The number of carboxylic acids is 1. The summed E-state index contributed by atoms with van der Waals surface area (Å²) in [4.78, 5) is 22.7. The Balaban J connectivity index is 2.20. The molecule has 1 aliphatic rings. The van der Waals surface area contributed by atoms with Crippen molar-refractivity contribution >= 4 is 5.97 Å². The molecule has 1 aliphatic carbocycles. The van der Waals surface area contributed by atoms with E-state index in [1.165, 1.54) is 24.8 Å². The van der Waals surface area contributed by atoms with Crippen LogP contribution in [0, 0.1) is 5.92 Å². The molecule has 1 N–H and O–H groups in total. The summed E-state index contributed by atoms with van der Waals surface area (Å²) in [5.41, 5.74) is 0.0900. The van der Waals surface area contributed by atoms with E-state index in [-0.39, 0.29) is 17.2 Å². The molecule has 0 bridgehead atoms. The summed E-state index contributed by atoms with van der Waals surface area (Å²) in [7, 11) is 0. The average Bonchev–Trinajstić information content (AvgIpc) is 2.39. The zero-order valence-corrected chi connectivity index (χ0v) is 10.6. The predicted octanol–water partition coefficient (Wildman–Crippen LogP) is 2.69. The topological polar surface area (TPSA) is 59.3 Å². The Hall–Kier alpha value is -1.58. The third-order valence-corrected chi connectivity index (χ3v) is 3.97. The third kappa shape index (κ3) is 2.63. The van der Waals surface area contributed by atoms with Gasteiger partial charge in [0.15, 0.2) is 0 Å². The van der Waals surface area contributed by atoms with Gasteiger partial charge >= 0.3 is 5.97 Å². The number of hydrogen-bond donors (Lipinski definition) is 1. The first-order valence-electron chi connectivity index (χ1n) is 6.57. The van der Waals surface area contributed by atoms with Gasteiger partial charge in [-0.1, -0.05) is 13.3 Å². The van der Waals surface area contributed by atoms with Crippen molar-refractivity contribution in [3.63, 3.8) is 0 Å². The maximum atomic E-state index is 11.8. The van der Waals surface area contributed by atoms with Crippen molar-refractivity contribution in [1.82, 2.24) is 4.57 Å². The molecule has 1 fully saturated rings. The van der Waals surface area contributed by atoms with Gasteiger partial charge in [-0.15, -0.1) is 0 Å². The molecular formula is C14H19NO3. The molecule has 0 aliphatic heterocycles. The summed E-state index contributed by atoms with van der Waals surface area (Å²) in [5.74, 6) is -0.217. The minimum atomic E-state index is -0.981. The highest BCUT2D eigenvalue weighted by atomic mass is 16.4. The first-order chi connectivity index (χ1) is 8.61. The summed E-state index contributed by atoms with van der Waals surface area (Å²) >= 11 is 0. The molecule has 1 saturated carbocycles. The smallest absolute Gasteiger partial charge is 0.337 e. The van der Waals surface area contributed by atoms with Crippen molar-refractivity contribution in [3.05, 3.63) is 34.2 Å². The second-order valence-electron chi connectivity index (χ2n) is 5.05. The predicted molar refractivity (Wildman–Crippen MR) is 68.9 cm³/mol. The van der Waals surface area contributed by atoms with Crippen LogP contribution >= 0.6 is 0 Å². The van der Waals surface area contributed by atoms with E-state index in [9.17, 15) is 9.59 Å². The number of nitrogens with zero attached hydrogens (tertiary/aromatic N) is 1. The minimum absolute atomic E-state index is 0.0973. The zero-order valence-electron chi connectivity index (χ0n) is 10.6. The van der Waals surface area contributed by atoms with Crippen molar-refractivity contribution < 1.29 is 9.90 Å². The Labute approximate surface area is 106 Å². The fourth-order valence-electron chi connectivity index (χ4n) is 2.75. The summed E-state index contributed by atoms with van der Waals surface area (Å²) in [5, 5.41) is 8.96. The van der Waals surface area contributed by atoms with Crippen LogP contribution in [0.3, 0.4) is 0 Å². The lowest BCUT2D eigenvalue weighted by Crippen LogP contribution is -2.27. The molecule has 0 atom stereocenters. The van der Waals surface area contributed by atoms with Crippen molar-refractivity contribution in [2.45, 2.75) is 45.1 Å². The lowest BCUT2D eigenvalue weighted by molar-refractivity contribution is 0.0695. The van der Waals surface area contributed by atoms with Crippen LogP contribution in [0.25, 0.3) is 0 Å². The summed E-state index contributed by atoms with van der Waals surface area (Å²) in [6, 6.07) is 2.90. The number of aromatic nitrogens is 1. The van der Waals surface area contributed by atoms with Gasteiger partial charge in [-0.25, -0.2) is 4.79 Å². The Bertz CT molecular complexity index is 484. The first kappa shape index (κ1) is 12.9. The van der Waals surface area contributed by atoms with Crippen molar-refractivity contribution in [3.8, 4) is 0 Å². The number of carbonyl (C=O) groups is 1. The van der Waals surface area contributed by atoms with Gasteiger partial charge in [0.2, 0.25) is 0 Å².